The minimum Gasteiger partial charge on any atom is -0.465 e. The van der Waals surface area contributed by atoms with Crippen LogP contribution in [0.15, 0.2) is 0 Å². The van der Waals surface area contributed by atoms with Gasteiger partial charge in [0.2, 0.25) is 0 Å². The van der Waals surface area contributed by atoms with Crippen molar-refractivity contribution >= 4 is 12.1 Å². The third-order valence-electron chi connectivity index (χ3n) is 9.41. The summed E-state index contributed by atoms with van der Waals surface area (Å²) in [6.45, 7) is 19.8. The number of carbonyl (C=O) groups is 2. The van der Waals surface area contributed by atoms with E-state index in [0.717, 1.165) is 64.8 Å². The zero-order valence-corrected chi connectivity index (χ0v) is 31.6. The molecule has 2 unspecified atom stereocenters. The van der Waals surface area contributed by atoms with E-state index in [0.29, 0.717) is 44.9 Å². The SMILES string of the molecule is CCCCCCCCC(CCCCCC)COC(=O)CCCC(CCCCCCC)OC(=O)OCCN(CC)CCN(CC)CC. The highest BCUT2D eigenvalue weighted by Crippen LogP contribution is 2.20. The second kappa shape index (κ2) is 33.6. The van der Waals surface area contributed by atoms with Crippen molar-refractivity contribution in [2.24, 2.45) is 5.92 Å². The molecule has 0 aromatic heterocycles. The number of hydrogen-bond donors (Lipinski definition) is 0. The highest BCUT2D eigenvalue weighted by Gasteiger charge is 2.18. The topological polar surface area (TPSA) is 68.3 Å². The number of likely N-dealkylation sites (N-methyl/N-ethyl adjacent to an activating group) is 2. The van der Waals surface area contributed by atoms with Gasteiger partial charge in [0.15, 0.2) is 0 Å². The molecular formula is C39H78N2O5. The molecule has 0 radical (unpaired) electrons. The Kier molecular flexibility index (Phi) is 32.6. The number of carbonyl (C=O) groups excluding carboxylic acids is 2. The molecule has 274 valence electrons. The average molecular weight is 655 g/mol. The first-order valence-corrected chi connectivity index (χ1v) is 19.9. The van der Waals surface area contributed by atoms with Crippen molar-refractivity contribution in [3.05, 3.63) is 0 Å². The summed E-state index contributed by atoms with van der Waals surface area (Å²) in [5, 5.41) is 0. The van der Waals surface area contributed by atoms with Crippen molar-refractivity contribution in [3.8, 4) is 0 Å². The Morgan fingerprint density at radius 1 is 0.522 bits per heavy atom. The fourth-order valence-electron chi connectivity index (χ4n) is 6.06. The van der Waals surface area contributed by atoms with Crippen LogP contribution in [0.5, 0.6) is 0 Å². The number of rotatable bonds is 34. The maximum absolute atomic E-state index is 12.7. The van der Waals surface area contributed by atoms with Gasteiger partial charge in [0, 0.05) is 26.1 Å². The Morgan fingerprint density at radius 3 is 1.57 bits per heavy atom. The van der Waals surface area contributed by atoms with Gasteiger partial charge in [0.1, 0.15) is 12.7 Å². The van der Waals surface area contributed by atoms with Crippen molar-refractivity contribution in [1.29, 1.82) is 0 Å². The Bertz CT molecular complexity index is 673. The van der Waals surface area contributed by atoms with Gasteiger partial charge in [-0.15, -0.1) is 0 Å². The van der Waals surface area contributed by atoms with Crippen LogP contribution in [0.4, 0.5) is 4.79 Å². The van der Waals surface area contributed by atoms with Gasteiger partial charge in [0.05, 0.1) is 6.61 Å². The molecule has 0 saturated carbocycles. The third-order valence-corrected chi connectivity index (χ3v) is 9.41. The number of nitrogens with zero attached hydrogens (tertiary/aromatic N) is 2. The van der Waals surface area contributed by atoms with Gasteiger partial charge in [-0.2, -0.15) is 0 Å². The van der Waals surface area contributed by atoms with Crippen LogP contribution in [0, 0.1) is 5.92 Å². The molecule has 0 fully saturated rings. The minimum atomic E-state index is -0.582. The molecule has 0 aliphatic carbocycles. The largest absolute Gasteiger partial charge is 0.508 e. The van der Waals surface area contributed by atoms with Crippen LogP contribution >= 0.6 is 0 Å². The van der Waals surface area contributed by atoms with Gasteiger partial charge in [0.25, 0.3) is 0 Å². The molecule has 0 spiro atoms. The second-order valence-electron chi connectivity index (χ2n) is 13.3. The number of ether oxygens (including phenoxy) is 3. The summed E-state index contributed by atoms with van der Waals surface area (Å²) in [4.78, 5) is 30.0. The van der Waals surface area contributed by atoms with E-state index in [2.05, 4.69) is 51.3 Å². The number of unbranched alkanes of at least 4 members (excludes halogenated alkanes) is 12. The van der Waals surface area contributed by atoms with E-state index < -0.39 is 6.16 Å². The van der Waals surface area contributed by atoms with Gasteiger partial charge in [-0.1, -0.05) is 131 Å². The lowest BCUT2D eigenvalue weighted by Gasteiger charge is -2.25. The van der Waals surface area contributed by atoms with Crippen molar-refractivity contribution in [2.75, 3.05) is 52.5 Å². The van der Waals surface area contributed by atoms with E-state index in [1.807, 2.05) is 0 Å². The summed E-state index contributed by atoms with van der Waals surface area (Å²) in [6, 6.07) is 0. The molecular weight excluding hydrogens is 576 g/mol. The first-order valence-electron chi connectivity index (χ1n) is 19.9. The summed E-state index contributed by atoms with van der Waals surface area (Å²) >= 11 is 0. The second-order valence-corrected chi connectivity index (χ2v) is 13.3. The Hall–Kier alpha value is -1.34. The molecule has 46 heavy (non-hydrogen) atoms. The predicted molar refractivity (Wildman–Crippen MR) is 195 cm³/mol. The van der Waals surface area contributed by atoms with Crippen molar-refractivity contribution < 1.29 is 23.8 Å². The maximum atomic E-state index is 12.7. The van der Waals surface area contributed by atoms with Gasteiger partial charge in [-0.3, -0.25) is 9.69 Å². The van der Waals surface area contributed by atoms with Crippen molar-refractivity contribution in [1.82, 2.24) is 9.80 Å². The first-order chi connectivity index (χ1) is 22.4. The van der Waals surface area contributed by atoms with E-state index in [9.17, 15) is 9.59 Å². The zero-order chi connectivity index (χ0) is 34.1. The van der Waals surface area contributed by atoms with Crippen molar-refractivity contribution in [3.63, 3.8) is 0 Å². The van der Waals surface area contributed by atoms with Crippen LogP contribution in [0.2, 0.25) is 0 Å². The molecule has 0 heterocycles. The lowest BCUT2D eigenvalue weighted by Crippen LogP contribution is -2.37. The van der Waals surface area contributed by atoms with E-state index in [1.165, 1.54) is 83.5 Å². The van der Waals surface area contributed by atoms with Crippen LogP contribution < -0.4 is 0 Å². The Labute approximate surface area is 286 Å². The summed E-state index contributed by atoms with van der Waals surface area (Å²) in [6.07, 6.45) is 22.7. The monoisotopic (exact) mass is 655 g/mol. The quantitative estimate of drug-likeness (QED) is 0.0505. The smallest absolute Gasteiger partial charge is 0.465 e. The summed E-state index contributed by atoms with van der Waals surface area (Å²) < 4.78 is 17.1. The van der Waals surface area contributed by atoms with Gasteiger partial charge < -0.3 is 19.1 Å². The molecule has 0 N–H and O–H groups in total. The van der Waals surface area contributed by atoms with Crippen LogP contribution in [-0.4, -0.2) is 80.5 Å². The molecule has 7 nitrogen and oxygen atoms in total. The van der Waals surface area contributed by atoms with E-state index in [1.54, 1.807) is 0 Å². The molecule has 2 atom stereocenters. The minimum absolute atomic E-state index is 0.116. The average Bonchev–Trinajstić information content (AvgIpc) is 3.05. The molecule has 0 rings (SSSR count). The van der Waals surface area contributed by atoms with Crippen LogP contribution in [-0.2, 0) is 19.0 Å². The van der Waals surface area contributed by atoms with Crippen molar-refractivity contribution in [2.45, 2.75) is 182 Å². The number of esters is 1. The molecule has 7 heteroatoms. The summed E-state index contributed by atoms with van der Waals surface area (Å²) in [5.74, 6) is 0.358. The van der Waals surface area contributed by atoms with E-state index >= 15 is 0 Å². The Morgan fingerprint density at radius 2 is 1.00 bits per heavy atom. The molecule has 0 saturated heterocycles. The van der Waals surface area contributed by atoms with Gasteiger partial charge in [-0.05, 0) is 64.1 Å². The normalized spacial score (nSPS) is 12.9. The molecule has 0 aromatic carbocycles. The molecule has 0 amide bonds. The van der Waals surface area contributed by atoms with Gasteiger partial charge >= 0.3 is 12.1 Å². The molecule has 0 aromatic rings. The predicted octanol–water partition coefficient (Wildman–Crippen LogP) is 10.6. The lowest BCUT2D eigenvalue weighted by atomic mass is 9.95. The number of hydrogen-bond acceptors (Lipinski definition) is 7. The summed E-state index contributed by atoms with van der Waals surface area (Å²) in [5.41, 5.74) is 0. The third kappa shape index (κ3) is 27.7. The summed E-state index contributed by atoms with van der Waals surface area (Å²) in [7, 11) is 0. The zero-order valence-electron chi connectivity index (χ0n) is 31.6. The van der Waals surface area contributed by atoms with E-state index in [-0.39, 0.29) is 12.1 Å². The first kappa shape index (κ1) is 44.7. The van der Waals surface area contributed by atoms with Crippen LogP contribution in [0.25, 0.3) is 0 Å². The molecule has 0 aliphatic rings. The fraction of sp³-hybridized carbons (Fsp3) is 0.949. The molecule has 0 aliphatic heterocycles. The van der Waals surface area contributed by atoms with Gasteiger partial charge in [-0.25, -0.2) is 4.79 Å². The Balaban J connectivity index is 4.68. The lowest BCUT2D eigenvalue weighted by molar-refractivity contribution is -0.145. The maximum Gasteiger partial charge on any atom is 0.508 e. The highest BCUT2D eigenvalue weighted by molar-refractivity contribution is 5.69. The van der Waals surface area contributed by atoms with Crippen LogP contribution in [0.3, 0.4) is 0 Å². The van der Waals surface area contributed by atoms with Crippen LogP contribution in [0.1, 0.15) is 176 Å². The van der Waals surface area contributed by atoms with E-state index in [4.69, 9.17) is 14.2 Å². The fourth-order valence-corrected chi connectivity index (χ4v) is 6.06. The molecule has 0 bridgehead atoms. The standard InChI is InChI=1S/C39H78N2O5/c1-7-13-16-19-21-23-27-36(26-22-18-15-9-3)35-45-38(42)30-25-29-37(28-24-20-17-14-8-2)46-39(43)44-34-33-41(12-6)32-31-40(10-4)11-5/h36-37H,7-35H2,1-6H3. The highest BCUT2D eigenvalue weighted by atomic mass is 16.7.